The third-order valence-electron chi connectivity index (χ3n) is 3.80. The molecule has 2 aliphatic rings. The van der Waals surface area contributed by atoms with E-state index in [2.05, 4.69) is 24.5 Å². The first-order valence-electron chi connectivity index (χ1n) is 7.75. The van der Waals surface area contributed by atoms with E-state index >= 15 is 0 Å². The summed E-state index contributed by atoms with van der Waals surface area (Å²) in [6, 6.07) is 7.11. The molecule has 146 valence electrons. The second kappa shape index (κ2) is 6.08. The molecule has 2 aliphatic heterocycles. The number of hydrogen-bond acceptors (Lipinski definition) is 5. The number of nitrogens with one attached hydrogen (secondary N) is 1. The lowest BCUT2D eigenvalue weighted by Crippen LogP contribution is -2.30. The van der Waals surface area contributed by atoms with Gasteiger partial charge in [0.25, 0.3) is 5.91 Å². The van der Waals surface area contributed by atoms with Crippen LogP contribution < -0.4 is 19.5 Å². The summed E-state index contributed by atoms with van der Waals surface area (Å²) >= 11 is 0. The molecule has 0 fully saturated rings. The van der Waals surface area contributed by atoms with Crippen molar-refractivity contribution in [2.24, 2.45) is 4.99 Å². The highest BCUT2D eigenvalue weighted by Crippen LogP contribution is 2.45. The predicted molar refractivity (Wildman–Crippen MR) is 84.0 cm³/mol. The molecule has 0 radical (unpaired) electrons. The Labute approximate surface area is 153 Å². The van der Waals surface area contributed by atoms with E-state index in [1.165, 1.54) is 24.3 Å². The van der Waals surface area contributed by atoms with Gasteiger partial charge >= 0.3 is 12.7 Å². The maximum atomic E-state index is 13.1. The van der Waals surface area contributed by atoms with E-state index < -0.39 is 24.3 Å². The molecule has 0 atom stereocenters. The zero-order valence-corrected chi connectivity index (χ0v) is 13.6. The molecular formula is C17H9F5N2O4. The number of rotatable bonds is 2. The molecule has 6 nitrogen and oxygen atoms in total. The highest BCUT2D eigenvalue weighted by atomic mass is 19.4. The maximum absolute atomic E-state index is 13.1. The molecule has 28 heavy (non-hydrogen) atoms. The minimum atomic E-state index is -4.88. The van der Waals surface area contributed by atoms with Crippen LogP contribution in [0.25, 0.3) is 0 Å². The summed E-state index contributed by atoms with van der Waals surface area (Å²) in [6.45, 7) is 0. The van der Waals surface area contributed by atoms with Crippen LogP contribution in [0.4, 0.5) is 27.6 Å². The zero-order valence-electron chi connectivity index (χ0n) is 13.6. The molecule has 0 aromatic heterocycles. The zero-order chi connectivity index (χ0) is 20.1. The number of amides is 1. The van der Waals surface area contributed by atoms with Crippen LogP contribution in [-0.2, 0) is 6.42 Å². The molecule has 0 saturated carbocycles. The molecule has 2 aromatic carbocycles. The Hall–Kier alpha value is -3.37. The van der Waals surface area contributed by atoms with Gasteiger partial charge in [-0.25, -0.2) is 4.99 Å². The Morgan fingerprint density at radius 1 is 1.14 bits per heavy atom. The summed E-state index contributed by atoms with van der Waals surface area (Å²) in [5, 5.41) is 2.47. The molecule has 4 rings (SSSR count). The fraction of sp³-hybridized carbons (Fsp3) is 0.176. The van der Waals surface area contributed by atoms with Crippen molar-refractivity contribution in [1.82, 2.24) is 5.32 Å². The maximum Gasteiger partial charge on any atom is 0.586 e. The fourth-order valence-electron chi connectivity index (χ4n) is 2.75. The lowest BCUT2D eigenvalue weighted by Gasteiger charge is -2.10. The minimum Gasteiger partial charge on any atom is -0.406 e. The van der Waals surface area contributed by atoms with Gasteiger partial charge in [0.05, 0.1) is 5.69 Å². The molecule has 2 heterocycles. The quantitative estimate of drug-likeness (QED) is 0.776. The van der Waals surface area contributed by atoms with E-state index in [1.54, 1.807) is 0 Å². The average Bonchev–Trinajstić information content (AvgIpc) is 3.07. The molecule has 1 N–H and O–H groups in total. The van der Waals surface area contributed by atoms with Crippen LogP contribution in [0.2, 0.25) is 0 Å². The monoisotopic (exact) mass is 400 g/mol. The van der Waals surface area contributed by atoms with Gasteiger partial charge in [-0.05, 0) is 29.8 Å². The van der Waals surface area contributed by atoms with Crippen LogP contribution >= 0.6 is 0 Å². The number of hydrogen-bond donors (Lipinski definition) is 1. The Bertz CT molecular complexity index is 1000. The van der Waals surface area contributed by atoms with Crippen molar-refractivity contribution in [1.29, 1.82) is 0 Å². The number of ether oxygens (including phenoxy) is 3. The standard InChI is InChI=1S/C17H9F5N2O4/c18-16(19,20)26-10-3-1-2-8(4-10)15(25)24-14-6-9-5-12-13(7-11(9)23-14)28-17(21,22)27-12/h1-5,7H,6H2,(H,23,24,25). The van der Waals surface area contributed by atoms with Crippen molar-refractivity contribution in [3.05, 3.63) is 47.5 Å². The molecule has 0 spiro atoms. The average molecular weight is 400 g/mol. The van der Waals surface area contributed by atoms with Crippen molar-refractivity contribution < 1.29 is 41.0 Å². The molecule has 1 amide bonds. The lowest BCUT2D eigenvalue weighted by molar-refractivity contribution is -0.286. The first kappa shape index (κ1) is 18.0. The van der Waals surface area contributed by atoms with Gasteiger partial charge in [0.15, 0.2) is 11.5 Å². The normalized spacial score (nSPS) is 16.4. The first-order valence-corrected chi connectivity index (χ1v) is 7.75. The molecule has 0 unspecified atom stereocenters. The van der Waals surface area contributed by atoms with Gasteiger partial charge in [-0.3, -0.25) is 4.79 Å². The number of amidine groups is 1. The summed E-state index contributed by atoms with van der Waals surface area (Å²) in [5.41, 5.74) is 0.753. The summed E-state index contributed by atoms with van der Waals surface area (Å²) in [7, 11) is 0. The van der Waals surface area contributed by atoms with Crippen molar-refractivity contribution in [3.63, 3.8) is 0 Å². The number of benzene rings is 2. The first-order chi connectivity index (χ1) is 13.1. The Kier molecular flexibility index (Phi) is 3.91. The van der Waals surface area contributed by atoms with Crippen molar-refractivity contribution in [2.45, 2.75) is 19.1 Å². The van der Waals surface area contributed by atoms with Crippen LogP contribution in [0.3, 0.4) is 0 Å². The number of nitrogens with zero attached hydrogens (tertiary/aromatic N) is 1. The highest BCUT2D eigenvalue weighted by Gasteiger charge is 2.44. The number of alkyl halides is 5. The summed E-state index contributed by atoms with van der Waals surface area (Å²) < 4.78 is 75.5. The molecule has 2 aromatic rings. The number of aliphatic imine (C=N–C) groups is 1. The second-order valence-corrected chi connectivity index (χ2v) is 5.86. The van der Waals surface area contributed by atoms with Crippen LogP contribution in [0, 0.1) is 0 Å². The minimum absolute atomic E-state index is 0.0748. The fourth-order valence-corrected chi connectivity index (χ4v) is 2.75. The van der Waals surface area contributed by atoms with Gasteiger partial charge in [-0.2, -0.15) is 0 Å². The van der Waals surface area contributed by atoms with Crippen LogP contribution in [-0.4, -0.2) is 24.4 Å². The van der Waals surface area contributed by atoms with Crippen molar-refractivity contribution in [2.75, 3.05) is 0 Å². The SMILES string of the molecule is O=C(NC1=Nc2cc3c(cc2C1)OC(F)(F)O3)c1cccc(OC(F)(F)F)c1. The van der Waals surface area contributed by atoms with E-state index in [4.69, 9.17) is 0 Å². The predicted octanol–water partition coefficient (Wildman–Crippen LogP) is 3.92. The van der Waals surface area contributed by atoms with Crippen molar-refractivity contribution >= 4 is 17.4 Å². The van der Waals surface area contributed by atoms with Gasteiger partial charge in [-0.15, -0.1) is 22.0 Å². The van der Waals surface area contributed by atoms with E-state index in [0.717, 1.165) is 12.1 Å². The Morgan fingerprint density at radius 3 is 2.57 bits per heavy atom. The number of carbonyl (C=O) groups is 1. The van der Waals surface area contributed by atoms with Gasteiger partial charge in [0.2, 0.25) is 0 Å². The van der Waals surface area contributed by atoms with E-state index in [9.17, 15) is 26.7 Å². The third-order valence-corrected chi connectivity index (χ3v) is 3.80. The van der Waals surface area contributed by atoms with Crippen LogP contribution in [0.15, 0.2) is 41.4 Å². The third kappa shape index (κ3) is 3.68. The van der Waals surface area contributed by atoms with Gasteiger partial charge in [0.1, 0.15) is 11.6 Å². The Morgan fingerprint density at radius 2 is 1.86 bits per heavy atom. The molecule has 0 aliphatic carbocycles. The lowest BCUT2D eigenvalue weighted by atomic mass is 10.1. The van der Waals surface area contributed by atoms with E-state index in [0.29, 0.717) is 11.3 Å². The Balaban J connectivity index is 1.48. The highest BCUT2D eigenvalue weighted by molar-refractivity contribution is 6.09. The number of carbonyl (C=O) groups excluding carboxylic acids is 1. The van der Waals surface area contributed by atoms with Gasteiger partial charge in [0, 0.05) is 18.1 Å². The second-order valence-electron chi connectivity index (χ2n) is 5.86. The molecular weight excluding hydrogens is 391 g/mol. The smallest absolute Gasteiger partial charge is 0.406 e. The number of halogens is 5. The summed E-state index contributed by atoms with van der Waals surface area (Å²) in [4.78, 5) is 16.4. The number of fused-ring (bicyclic) bond motifs is 2. The van der Waals surface area contributed by atoms with Crippen LogP contribution in [0.5, 0.6) is 17.2 Å². The van der Waals surface area contributed by atoms with E-state index in [-0.39, 0.29) is 29.3 Å². The van der Waals surface area contributed by atoms with Crippen LogP contribution in [0.1, 0.15) is 15.9 Å². The van der Waals surface area contributed by atoms with Crippen molar-refractivity contribution in [3.8, 4) is 17.2 Å². The van der Waals surface area contributed by atoms with Gasteiger partial charge < -0.3 is 19.5 Å². The molecule has 0 saturated heterocycles. The largest absolute Gasteiger partial charge is 0.586 e. The topological polar surface area (TPSA) is 69.2 Å². The summed E-state index contributed by atoms with van der Waals surface area (Å²) in [6.07, 6.45) is -8.52. The van der Waals surface area contributed by atoms with Gasteiger partial charge in [-0.1, -0.05) is 6.07 Å². The summed E-state index contributed by atoms with van der Waals surface area (Å²) in [5.74, 6) is -1.38. The molecule has 0 bridgehead atoms. The molecule has 11 heteroatoms. The van der Waals surface area contributed by atoms with E-state index in [1.807, 2.05) is 0 Å².